The van der Waals surface area contributed by atoms with Crippen molar-refractivity contribution in [1.82, 2.24) is 0 Å². The van der Waals surface area contributed by atoms with Crippen LogP contribution in [0.3, 0.4) is 0 Å². The summed E-state index contributed by atoms with van der Waals surface area (Å²) in [7, 11) is 0. The van der Waals surface area contributed by atoms with Crippen LogP contribution in [-0.4, -0.2) is 23.0 Å². The second kappa shape index (κ2) is 4.34. The maximum Gasteiger partial charge on any atom is 0.346 e. The van der Waals surface area contributed by atoms with E-state index < -0.39 is 12.1 Å². The topological polar surface area (TPSA) is 63.6 Å². The van der Waals surface area contributed by atoms with Crippen LogP contribution in [0.1, 0.15) is 48.0 Å². The number of carbonyl (C=O) groups excluding carboxylic acids is 2. The molecule has 1 N–H and O–H groups in total. The maximum atomic E-state index is 12.3. The van der Waals surface area contributed by atoms with Crippen molar-refractivity contribution in [3.63, 3.8) is 0 Å². The Balaban J connectivity index is 2.31. The first-order valence-electron chi connectivity index (χ1n) is 7.20. The molecule has 1 atom stereocenters. The molecule has 20 heavy (non-hydrogen) atoms. The molecule has 2 rings (SSSR count). The normalized spacial score (nSPS) is 30.6. The quantitative estimate of drug-likeness (QED) is 0.373. The van der Waals surface area contributed by atoms with E-state index in [2.05, 4.69) is 0 Å². The number of hydrogen-bond donors (Lipinski definition) is 1. The lowest BCUT2D eigenvalue weighted by atomic mass is 9.98. The molecule has 2 fully saturated rings. The van der Waals surface area contributed by atoms with Gasteiger partial charge in [0.2, 0.25) is 5.78 Å². The van der Waals surface area contributed by atoms with Gasteiger partial charge in [-0.2, -0.15) is 0 Å². The molecule has 4 nitrogen and oxygen atoms in total. The molecular formula is C16H24O4. The fourth-order valence-electron chi connectivity index (χ4n) is 3.34. The average molecular weight is 280 g/mol. The fraction of sp³-hybridized carbons (Fsp3) is 0.750. The number of ketones is 1. The van der Waals surface area contributed by atoms with Gasteiger partial charge < -0.3 is 9.84 Å². The number of esters is 1. The van der Waals surface area contributed by atoms with Crippen LogP contribution in [0.4, 0.5) is 0 Å². The first-order valence-corrected chi connectivity index (χ1v) is 7.20. The van der Waals surface area contributed by atoms with Gasteiger partial charge in [0.1, 0.15) is 11.3 Å². The Labute approximate surface area is 120 Å². The van der Waals surface area contributed by atoms with Gasteiger partial charge >= 0.3 is 5.97 Å². The minimum absolute atomic E-state index is 0.0822. The van der Waals surface area contributed by atoms with Gasteiger partial charge in [0.25, 0.3) is 0 Å². The molecule has 0 amide bonds. The molecule has 0 radical (unpaired) electrons. The second-order valence-electron chi connectivity index (χ2n) is 7.52. The molecule has 1 saturated carbocycles. The number of cyclic esters (lactones) is 1. The molecule has 1 aliphatic heterocycles. The Morgan fingerprint density at radius 2 is 1.70 bits per heavy atom. The first-order chi connectivity index (χ1) is 9.01. The van der Waals surface area contributed by atoms with E-state index in [1.807, 2.05) is 41.5 Å². The van der Waals surface area contributed by atoms with Gasteiger partial charge in [0.15, 0.2) is 6.10 Å². The van der Waals surface area contributed by atoms with Crippen molar-refractivity contribution < 1.29 is 19.4 Å². The van der Waals surface area contributed by atoms with Gasteiger partial charge in [0.05, 0.1) is 0 Å². The average Bonchev–Trinajstić information content (AvgIpc) is 2.52. The predicted octanol–water partition coefficient (Wildman–Crippen LogP) is 3.02. The van der Waals surface area contributed by atoms with Crippen molar-refractivity contribution in [2.45, 2.75) is 54.1 Å². The van der Waals surface area contributed by atoms with Gasteiger partial charge in [0, 0.05) is 5.92 Å². The third-order valence-electron chi connectivity index (χ3n) is 5.23. The molecule has 1 aliphatic carbocycles. The summed E-state index contributed by atoms with van der Waals surface area (Å²) in [5, 5.41) is 10.4. The zero-order valence-corrected chi connectivity index (χ0v) is 13.1. The van der Waals surface area contributed by atoms with Crippen LogP contribution < -0.4 is 0 Å². The Bertz CT molecular complexity index is 483. The van der Waals surface area contributed by atoms with E-state index in [1.165, 1.54) is 0 Å². The Hall–Kier alpha value is -1.32. The highest BCUT2D eigenvalue weighted by molar-refractivity contribution is 6.23. The Kier molecular flexibility index (Phi) is 3.27. The second-order valence-corrected chi connectivity index (χ2v) is 7.52. The van der Waals surface area contributed by atoms with Crippen molar-refractivity contribution in [2.24, 2.45) is 22.7 Å². The first kappa shape index (κ1) is 15.1. The van der Waals surface area contributed by atoms with Crippen molar-refractivity contribution in [1.29, 1.82) is 0 Å². The summed E-state index contributed by atoms with van der Waals surface area (Å²) >= 11 is 0. The van der Waals surface area contributed by atoms with Crippen LogP contribution in [0.25, 0.3) is 0 Å². The molecule has 1 saturated heterocycles. The monoisotopic (exact) mass is 280 g/mol. The molecule has 112 valence electrons. The van der Waals surface area contributed by atoms with Gasteiger partial charge in [-0.25, -0.2) is 4.79 Å². The molecular weight excluding hydrogens is 256 g/mol. The van der Waals surface area contributed by atoms with Crippen LogP contribution in [0.15, 0.2) is 11.3 Å². The van der Waals surface area contributed by atoms with Crippen LogP contribution in [0.5, 0.6) is 0 Å². The molecule has 0 spiro atoms. The molecule has 1 unspecified atom stereocenters. The highest BCUT2D eigenvalue weighted by Gasteiger charge is 2.68. The van der Waals surface area contributed by atoms with E-state index in [1.54, 1.807) is 0 Å². The third-order valence-corrected chi connectivity index (χ3v) is 5.23. The molecule has 0 aromatic heterocycles. The fourth-order valence-corrected chi connectivity index (χ4v) is 3.34. The smallest absolute Gasteiger partial charge is 0.346 e. The minimum atomic E-state index is -0.732. The van der Waals surface area contributed by atoms with E-state index in [0.717, 1.165) is 0 Å². The highest BCUT2D eigenvalue weighted by Crippen LogP contribution is 2.71. The molecule has 2 aliphatic rings. The van der Waals surface area contributed by atoms with E-state index in [4.69, 9.17) is 4.74 Å². The zero-order chi connectivity index (χ0) is 15.5. The number of rotatable bonds is 3. The van der Waals surface area contributed by atoms with E-state index in [9.17, 15) is 14.7 Å². The van der Waals surface area contributed by atoms with Crippen LogP contribution >= 0.6 is 0 Å². The zero-order valence-electron chi connectivity index (χ0n) is 13.1. The van der Waals surface area contributed by atoms with Crippen LogP contribution in [0, 0.1) is 22.7 Å². The summed E-state index contributed by atoms with van der Waals surface area (Å²) in [6.45, 7) is 12.1. The van der Waals surface area contributed by atoms with E-state index in [-0.39, 0.29) is 39.8 Å². The molecule has 0 bridgehead atoms. The number of Topliss-reactive ketones (excluding diaryl/α,β-unsaturated/α-hetero) is 1. The number of ether oxygens (including phenoxy) is 1. The molecule has 0 aromatic rings. The summed E-state index contributed by atoms with van der Waals surface area (Å²) in [5.41, 5.74) is -0.374. The largest absolute Gasteiger partial charge is 0.511 e. The van der Waals surface area contributed by atoms with Crippen molar-refractivity contribution in [3.05, 3.63) is 11.3 Å². The van der Waals surface area contributed by atoms with Gasteiger partial charge in [-0.1, -0.05) is 41.5 Å². The summed E-state index contributed by atoms with van der Waals surface area (Å²) in [5.74, 6) is -1.02. The summed E-state index contributed by atoms with van der Waals surface area (Å²) in [6.07, 6.45) is -0.233. The lowest BCUT2D eigenvalue weighted by molar-refractivity contribution is -0.141. The van der Waals surface area contributed by atoms with Crippen molar-refractivity contribution in [3.8, 4) is 0 Å². The Morgan fingerprint density at radius 1 is 1.20 bits per heavy atom. The number of carbonyl (C=O) groups is 2. The number of aliphatic hydroxyl groups is 1. The number of hydrogen-bond acceptors (Lipinski definition) is 4. The lowest BCUT2D eigenvalue weighted by Gasteiger charge is -2.09. The summed E-state index contributed by atoms with van der Waals surface area (Å²) < 4.78 is 5.13. The van der Waals surface area contributed by atoms with Gasteiger partial charge in [-0.15, -0.1) is 0 Å². The standard InChI is InChI=1S/C16H24O4/c1-8(2)7-9-11(17)10(14(19)20-9)12(18)13-15(3,4)16(13,5)6/h8-9,13,18H,7H2,1-6H3/b12-10+. The van der Waals surface area contributed by atoms with E-state index >= 15 is 0 Å². The van der Waals surface area contributed by atoms with Crippen molar-refractivity contribution >= 4 is 11.8 Å². The SMILES string of the molecule is CC(C)CC1OC(=O)/C(=C(/O)C2C(C)(C)C2(C)C)C1=O. The molecule has 0 aromatic carbocycles. The van der Waals surface area contributed by atoms with Gasteiger partial charge in [-0.05, 0) is 23.2 Å². The summed E-state index contributed by atoms with van der Waals surface area (Å²) in [6, 6.07) is 0. The molecule has 4 heteroatoms. The summed E-state index contributed by atoms with van der Waals surface area (Å²) in [4.78, 5) is 24.2. The maximum absolute atomic E-state index is 12.3. The third kappa shape index (κ3) is 1.97. The number of aliphatic hydroxyl groups excluding tert-OH is 1. The predicted molar refractivity (Wildman–Crippen MR) is 75.0 cm³/mol. The highest BCUT2D eigenvalue weighted by atomic mass is 16.6. The number of allylic oxidation sites excluding steroid dienone is 1. The van der Waals surface area contributed by atoms with Gasteiger partial charge in [-0.3, -0.25) is 4.79 Å². The Morgan fingerprint density at radius 3 is 2.10 bits per heavy atom. The van der Waals surface area contributed by atoms with Crippen LogP contribution in [0.2, 0.25) is 0 Å². The lowest BCUT2D eigenvalue weighted by Crippen LogP contribution is -2.19. The van der Waals surface area contributed by atoms with Crippen molar-refractivity contribution in [2.75, 3.05) is 0 Å². The molecule has 1 heterocycles. The van der Waals surface area contributed by atoms with E-state index in [0.29, 0.717) is 6.42 Å². The minimum Gasteiger partial charge on any atom is -0.511 e. The van der Waals surface area contributed by atoms with Crippen LogP contribution in [-0.2, 0) is 14.3 Å².